The van der Waals surface area contributed by atoms with E-state index in [4.69, 9.17) is 18.6 Å². The van der Waals surface area contributed by atoms with Crippen LogP contribution in [-0.4, -0.2) is 5.91 Å². The van der Waals surface area contributed by atoms with Gasteiger partial charge in [0.25, 0.3) is 0 Å². The molecule has 2 nitrogen and oxygen atoms in total. The van der Waals surface area contributed by atoms with Gasteiger partial charge in [-0.2, -0.15) is 0 Å². The first-order valence-corrected chi connectivity index (χ1v) is 3.55. The highest BCUT2D eigenvalue weighted by molar-refractivity contribution is 5.93. The zero-order valence-corrected chi connectivity index (χ0v) is 6.87. The van der Waals surface area contributed by atoms with E-state index in [9.17, 15) is 4.79 Å². The maximum absolute atomic E-state index is 10.8. The van der Waals surface area contributed by atoms with Gasteiger partial charge in [0.05, 0.1) is 0 Å². The van der Waals surface area contributed by atoms with Crippen LogP contribution in [0.25, 0.3) is 0 Å². The summed E-state index contributed by atoms with van der Waals surface area (Å²) < 4.78 is 0. The molecule has 1 aromatic rings. The lowest BCUT2D eigenvalue weighted by Gasteiger charge is -1.98. The normalized spacial score (nSPS) is 8.46. The zero-order chi connectivity index (χ0) is 9.84. The first-order chi connectivity index (χ1) is 6.17. The molecule has 1 aromatic carbocycles. The molecule has 2 heteroatoms. The van der Waals surface area contributed by atoms with Gasteiger partial charge in [-0.15, -0.1) is 12.8 Å². The highest BCUT2D eigenvalue weighted by Gasteiger charge is 2.02. The van der Waals surface area contributed by atoms with Gasteiger partial charge < -0.3 is 5.73 Å². The Morgan fingerprint density at radius 1 is 1.15 bits per heavy atom. The molecule has 0 unspecified atom stereocenters. The van der Waals surface area contributed by atoms with E-state index in [1.165, 1.54) is 12.1 Å². The van der Waals surface area contributed by atoms with Crippen molar-refractivity contribution in [3.8, 4) is 24.7 Å². The van der Waals surface area contributed by atoms with Gasteiger partial charge in [0.15, 0.2) is 0 Å². The van der Waals surface area contributed by atoms with Crippen molar-refractivity contribution in [1.82, 2.24) is 0 Å². The van der Waals surface area contributed by atoms with Gasteiger partial charge in [-0.3, -0.25) is 4.79 Å². The average molecular weight is 169 g/mol. The number of nitrogens with two attached hydrogens (primary N) is 1. The maximum Gasteiger partial charge on any atom is 0.248 e. The van der Waals surface area contributed by atoms with E-state index in [0.29, 0.717) is 16.7 Å². The summed E-state index contributed by atoms with van der Waals surface area (Å²) in [7, 11) is 0. The molecular weight excluding hydrogens is 162 g/mol. The quantitative estimate of drug-likeness (QED) is 0.619. The lowest BCUT2D eigenvalue weighted by atomic mass is 10.1. The molecular formula is C11H7NO. The minimum Gasteiger partial charge on any atom is -0.366 e. The molecule has 1 amide bonds. The molecule has 0 radical (unpaired) electrons. The Labute approximate surface area is 76.8 Å². The van der Waals surface area contributed by atoms with Gasteiger partial charge in [-0.05, 0) is 18.2 Å². The maximum atomic E-state index is 10.8. The third-order valence-corrected chi connectivity index (χ3v) is 1.55. The molecule has 0 aliphatic carbocycles. The van der Waals surface area contributed by atoms with E-state index in [1.54, 1.807) is 6.07 Å². The summed E-state index contributed by atoms with van der Waals surface area (Å²) in [4.78, 5) is 10.8. The highest BCUT2D eigenvalue weighted by atomic mass is 16.1. The topological polar surface area (TPSA) is 43.1 Å². The van der Waals surface area contributed by atoms with Crippen LogP contribution >= 0.6 is 0 Å². The summed E-state index contributed by atoms with van der Waals surface area (Å²) in [6.45, 7) is 0. The number of primary amides is 1. The Kier molecular flexibility index (Phi) is 2.38. The number of carbonyl (C=O) groups excluding carboxylic acids is 1. The number of hydrogen-bond donors (Lipinski definition) is 1. The van der Waals surface area contributed by atoms with Crippen molar-refractivity contribution >= 4 is 5.91 Å². The van der Waals surface area contributed by atoms with Crippen molar-refractivity contribution in [2.24, 2.45) is 5.73 Å². The fourth-order valence-electron chi connectivity index (χ4n) is 0.937. The molecule has 0 fully saturated rings. The lowest BCUT2D eigenvalue weighted by Crippen LogP contribution is -2.11. The molecule has 0 saturated heterocycles. The molecule has 0 aliphatic rings. The van der Waals surface area contributed by atoms with Crippen molar-refractivity contribution in [2.75, 3.05) is 0 Å². The van der Waals surface area contributed by atoms with E-state index in [2.05, 4.69) is 11.8 Å². The standard InChI is InChI=1S/C11H7NO/c1-3-8-5-9(4-2)7-10(6-8)11(12)13/h1-2,5-7H,(H2,12,13). The Morgan fingerprint density at radius 3 is 1.92 bits per heavy atom. The number of hydrogen-bond acceptors (Lipinski definition) is 1. The van der Waals surface area contributed by atoms with E-state index in [1.807, 2.05) is 0 Å². The predicted octanol–water partition coefficient (Wildman–Crippen LogP) is 0.748. The summed E-state index contributed by atoms with van der Waals surface area (Å²) in [5, 5.41) is 0. The summed E-state index contributed by atoms with van der Waals surface area (Å²) >= 11 is 0. The number of benzene rings is 1. The Bertz CT molecular complexity index is 400. The zero-order valence-electron chi connectivity index (χ0n) is 6.87. The smallest absolute Gasteiger partial charge is 0.248 e. The second kappa shape index (κ2) is 3.47. The van der Waals surface area contributed by atoms with Crippen molar-refractivity contribution in [3.63, 3.8) is 0 Å². The fourth-order valence-corrected chi connectivity index (χ4v) is 0.937. The van der Waals surface area contributed by atoms with Crippen LogP contribution in [0, 0.1) is 24.7 Å². The van der Waals surface area contributed by atoms with Crippen LogP contribution in [0.15, 0.2) is 18.2 Å². The van der Waals surface area contributed by atoms with Crippen LogP contribution in [-0.2, 0) is 0 Å². The summed E-state index contributed by atoms with van der Waals surface area (Å²) in [6.07, 6.45) is 10.3. The molecule has 0 saturated carbocycles. The van der Waals surface area contributed by atoms with E-state index in [0.717, 1.165) is 0 Å². The summed E-state index contributed by atoms with van der Waals surface area (Å²) in [5.41, 5.74) is 6.54. The first kappa shape index (κ1) is 8.90. The predicted molar refractivity (Wildman–Crippen MR) is 50.8 cm³/mol. The number of rotatable bonds is 1. The largest absolute Gasteiger partial charge is 0.366 e. The lowest BCUT2D eigenvalue weighted by molar-refractivity contribution is 0.1000. The molecule has 13 heavy (non-hydrogen) atoms. The van der Waals surface area contributed by atoms with E-state index >= 15 is 0 Å². The number of terminal acetylenes is 2. The monoisotopic (exact) mass is 169 g/mol. The molecule has 2 N–H and O–H groups in total. The minimum absolute atomic E-state index is 0.336. The van der Waals surface area contributed by atoms with Crippen LogP contribution in [0.3, 0.4) is 0 Å². The van der Waals surface area contributed by atoms with Crippen LogP contribution in [0.4, 0.5) is 0 Å². The molecule has 0 atom stereocenters. The van der Waals surface area contributed by atoms with E-state index < -0.39 is 5.91 Å². The summed E-state index contributed by atoms with van der Waals surface area (Å²) in [5.74, 6) is 4.25. The fraction of sp³-hybridized carbons (Fsp3) is 0. The van der Waals surface area contributed by atoms with Gasteiger partial charge in [0.2, 0.25) is 5.91 Å². The Hall–Kier alpha value is -2.19. The van der Waals surface area contributed by atoms with Gasteiger partial charge in [-0.25, -0.2) is 0 Å². The van der Waals surface area contributed by atoms with Crippen LogP contribution in [0.5, 0.6) is 0 Å². The Balaban J connectivity index is 3.35. The molecule has 0 aliphatic heterocycles. The molecule has 0 bridgehead atoms. The van der Waals surface area contributed by atoms with Crippen LogP contribution in [0.1, 0.15) is 21.5 Å². The molecule has 0 heterocycles. The number of amides is 1. The third kappa shape index (κ3) is 1.89. The molecule has 0 spiro atoms. The SMILES string of the molecule is C#Cc1cc(C#C)cc(C(N)=O)c1. The minimum atomic E-state index is -0.534. The van der Waals surface area contributed by atoms with Crippen molar-refractivity contribution in [2.45, 2.75) is 0 Å². The van der Waals surface area contributed by atoms with Gasteiger partial charge in [-0.1, -0.05) is 11.8 Å². The van der Waals surface area contributed by atoms with Crippen molar-refractivity contribution in [3.05, 3.63) is 34.9 Å². The summed E-state index contributed by atoms with van der Waals surface area (Å²) in [6, 6.07) is 4.71. The molecule has 62 valence electrons. The van der Waals surface area contributed by atoms with Crippen LogP contribution < -0.4 is 5.73 Å². The van der Waals surface area contributed by atoms with Crippen molar-refractivity contribution in [1.29, 1.82) is 0 Å². The molecule has 0 aromatic heterocycles. The highest BCUT2D eigenvalue weighted by Crippen LogP contribution is 2.08. The molecule has 1 rings (SSSR count). The average Bonchev–Trinajstić information content (AvgIpc) is 2.16. The second-order valence-corrected chi connectivity index (χ2v) is 2.45. The second-order valence-electron chi connectivity index (χ2n) is 2.45. The van der Waals surface area contributed by atoms with Crippen molar-refractivity contribution < 1.29 is 4.79 Å². The first-order valence-electron chi connectivity index (χ1n) is 3.55. The van der Waals surface area contributed by atoms with Gasteiger partial charge in [0, 0.05) is 16.7 Å². The van der Waals surface area contributed by atoms with E-state index in [-0.39, 0.29) is 0 Å². The third-order valence-electron chi connectivity index (χ3n) is 1.55. The number of carbonyl (C=O) groups is 1. The van der Waals surface area contributed by atoms with Crippen LogP contribution in [0.2, 0.25) is 0 Å². The van der Waals surface area contributed by atoms with Gasteiger partial charge >= 0.3 is 0 Å². The Morgan fingerprint density at radius 2 is 1.62 bits per heavy atom. The van der Waals surface area contributed by atoms with Gasteiger partial charge in [0.1, 0.15) is 0 Å².